The van der Waals surface area contributed by atoms with Crippen LogP contribution in [-0.2, 0) is 9.59 Å². The second-order valence-corrected chi connectivity index (χ2v) is 5.99. The monoisotopic (exact) mass is 325 g/mol. The topological polar surface area (TPSA) is 66.4 Å². The number of carbonyl (C=O) groups is 2. The zero-order valence-electron chi connectivity index (χ0n) is 10.6. The van der Waals surface area contributed by atoms with Crippen LogP contribution in [0.1, 0.15) is 31.2 Å². The van der Waals surface area contributed by atoms with Gasteiger partial charge in [-0.1, -0.05) is 28.1 Å². The lowest BCUT2D eigenvalue weighted by molar-refractivity contribution is -0.143. The molecule has 2 N–H and O–H groups in total. The minimum atomic E-state index is -0.816. The van der Waals surface area contributed by atoms with E-state index in [0.717, 1.165) is 10.0 Å². The number of hydrogen-bond acceptors (Lipinski definition) is 2. The molecule has 1 aromatic rings. The Morgan fingerprint density at radius 1 is 1.37 bits per heavy atom. The Kier molecular flexibility index (Phi) is 3.94. The van der Waals surface area contributed by atoms with E-state index in [0.29, 0.717) is 12.8 Å². The summed E-state index contributed by atoms with van der Waals surface area (Å²) in [6.45, 7) is 2.04. The van der Waals surface area contributed by atoms with Gasteiger partial charge in [-0.05, 0) is 37.5 Å². The summed E-state index contributed by atoms with van der Waals surface area (Å²) in [6, 6.07) is 7.55. The highest BCUT2D eigenvalue weighted by molar-refractivity contribution is 9.10. The van der Waals surface area contributed by atoms with E-state index in [4.69, 9.17) is 5.11 Å². The van der Waals surface area contributed by atoms with Crippen molar-refractivity contribution in [2.45, 2.75) is 25.7 Å². The zero-order chi connectivity index (χ0) is 14.0. The summed E-state index contributed by atoms with van der Waals surface area (Å²) in [5.41, 5.74) is 0.204. The number of rotatable bonds is 5. The number of amides is 1. The van der Waals surface area contributed by atoms with Crippen LogP contribution in [0.2, 0.25) is 0 Å². The largest absolute Gasteiger partial charge is 0.481 e. The molecule has 0 spiro atoms. The van der Waals surface area contributed by atoms with Crippen molar-refractivity contribution in [1.29, 1.82) is 0 Å². The van der Waals surface area contributed by atoms with E-state index in [9.17, 15) is 9.59 Å². The highest BCUT2D eigenvalue weighted by Gasteiger charge is 2.50. The van der Waals surface area contributed by atoms with Crippen LogP contribution in [0.4, 0.5) is 0 Å². The van der Waals surface area contributed by atoms with E-state index < -0.39 is 11.4 Å². The number of nitrogens with one attached hydrogen (secondary N) is 1. The van der Waals surface area contributed by atoms with Crippen LogP contribution in [-0.4, -0.2) is 23.5 Å². The van der Waals surface area contributed by atoms with Gasteiger partial charge in [0, 0.05) is 11.0 Å². The maximum atomic E-state index is 12.0. The van der Waals surface area contributed by atoms with E-state index >= 15 is 0 Å². The Bertz CT molecular complexity index is 494. The van der Waals surface area contributed by atoms with Crippen molar-refractivity contribution in [2.75, 3.05) is 6.54 Å². The van der Waals surface area contributed by atoms with Crippen LogP contribution in [0, 0.1) is 5.41 Å². The third-order valence-electron chi connectivity index (χ3n) is 3.67. The van der Waals surface area contributed by atoms with E-state index in [-0.39, 0.29) is 18.4 Å². The average molecular weight is 326 g/mol. The van der Waals surface area contributed by atoms with Gasteiger partial charge in [0.25, 0.3) is 0 Å². The van der Waals surface area contributed by atoms with Crippen molar-refractivity contribution < 1.29 is 14.7 Å². The van der Waals surface area contributed by atoms with Gasteiger partial charge in [0.1, 0.15) is 0 Å². The molecule has 1 aromatic carbocycles. The van der Waals surface area contributed by atoms with Crippen LogP contribution in [0.5, 0.6) is 0 Å². The fourth-order valence-corrected chi connectivity index (χ4v) is 2.19. The Hall–Kier alpha value is -1.36. The van der Waals surface area contributed by atoms with Gasteiger partial charge >= 0.3 is 5.97 Å². The molecule has 19 heavy (non-hydrogen) atoms. The van der Waals surface area contributed by atoms with E-state index in [1.165, 1.54) is 0 Å². The van der Waals surface area contributed by atoms with Gasteiger partial charge in [0.15, 0.2) is 0 Å². The molecule has 1 amide bonds. The molecule has 1 aliphatic rings. The van der Waals surface area contributed by atoms with Crippen molar-refractivity contribution in [2.24, 2.45) is 5.41 Å². The molecular formula is C14H16BrNO3. The molecule has 1 fully saturated rings. The molecular weight excluding hydrogens is 310 g/mol. The third kappa shape index (κ3) is 3.15. The molecule has 0 aliphatic heterocycles. The van der Waals surface area contributed by atoms with Gasteiger partial charge in [-0.3, -0.25) is 9.59 Å². The lowest BCUT2D eigenvalue weighted by Gasteiger charge is -2.15. The average Bonchev–Trinajstić information content (AvgIpc) is 3.17. The molecule has 2 rings (SSSR count). The molecule has 0 radical (unpaired) electrons. The molecule has 0 heterocycles. The van der Waals surface area contributed by atoms with Gasteiger partial charge in [0.05, 0.1) is 11.3 Å². The number of carboxylic acids is 1. The summed E-state index contributed by atoms with van der Waals surface area (Å²) in [6.07, 6.45) is 1.30. The first kappa shape index (κ1) is 14.1. The quantitative estimate of drug-likeness (QED) is 0.874. The molecule has 1 unspecified atom stereocenters. The summed E-state index contributed by atoms with van der Waals surface area (Å²) < 4.78 is 0.965. The highest BCUT2D eigenvalue weighted by atomic mass is 79.9. The summed E-state index contributed by atoms with van der Waals surface area (Å²) in [4.78, 5) is 23.0. The second kappa shape index (κ2) is 5.33. The van der Waals surface area contributed by atoms with Crippen LogP contribution < -0.4 is 5.32 Å². The number of aliphatic carboxylic acids is 1. The van der Waals surface area contributed by atoms with E-state index in [1.807, 2.05) is 31.2 Å². The van der Waals surface area contributed by atoms with Gasteiger partial charge in [0.2, 0.25) is 5.91 Å². The predicted octanol–water partition coefficient (Wildman–Crippen LogP) is 2.53. The highest BCUT2D eigenvalue weighted by Crippen LogP contribution is 2.45. The van der Waals surface area contributed by atoms with Crippen molar-refractivity contribution in [3.63, 3.8) is 0 Å². The van der Waals surface area contributed by atoms with E-state index in [2.05, 4.69) is 21.2 Å². The van der Waals surface area contributed by atoms with Crippen molar-refractivity contribution in [1.82, 2.24) is 5.32 Å². The maximum Gasteiger partial charge on any atom is 0.311 e. The Balaban J connectivity index is 1.93. The second-order valence-electron chi connectivity index (χ2n) is 5.08. The van der Waals surface area contributed by atoms with Crippen molar-refractivity contribution >= 4 is 27.8 Å². The molecule has 102 valence electrons. The first-order valence-corrected chi connectivity index (χ1v) is 7.00. The van der Waals surface area contributed by atoms with E-state index in [1.54, 1.807) is 0 Å². The predicted molar refractivity (Wildman–Crippen MR) is 74.9 cm³/mol. The molecule has 1 saturated carbocycles. The summed E-state index contributed by atoms with van der Waals surface area (Å²) in [5, 5.41) is 11.8. The standard InChI is InChI=1S/C14H16BrNO3/c1-9(10-2-4-11(15)5-3-10)12(17)16-8-14(6-7-14)13(18)19/h2-5,9H,6-8H2,1H3,(H,16,17)(H,18,19). The Morgan fingerprint density at radius 3 is 2.42 bits per heavy atom. The minimum Gasteiger partial charge on any atom is -0.481 e. The van der Waals surface area contributed by atoms with Crippen LogP contribution in [0.3, 0.4) is 0 Å². The number of carboxylic acid groups (broad SMARTS) is 1. The molecule has 5 heteroatoms. The maximum absolute atomic E-state index is 12.0. The normalized spacial score (nSPS) is 17.6. The summed E-state index contributed by atoms with van der Waals surface area (Å²) >= 11 is 3.35. The fourth-order valence-electron chi connectivity index (χ4n) is 1.93. The molecule has 0 aromatic heterocycles. The molecule has 1 aliphatic carbocycles. The lowest BCUT2D eigenvalue weighted by Crippen LogP contribution is -2.36. The summed E-state index contributed by atoms with van der Waals surface area (Å²) in [5.74, 6) is -1.23. The number of halogens is 1. The Morgan fingerprint density at radius 2 is 1.95 bits per heavy atom. The van der Waals surface area contributed by atoms with Crippen molar-refractivity contribution in [3.8, 4) is 0 Å². The smallest absolute Gasteiger partial charge is 0.311 e. The van der Waals surface area contributed by atoms with Gasteiger partial charge < -0.3 is 10.4 Å². The molecule has 0 saturated heterocycles. The summed E-state index contributed by atoms with van der Waals surface area (Å²) in [7, 11) is 0. The minimum absolute atomic E-state index is 0.130. The third-order valence-corrected chi connectivity index (χ3v) is 4.20. The van der Waals surface area contributed by atoms with Gasteiger partial charge in [-0.15, -0.1) is 0 Å². The SMILES string of the molecule is CC(C(=O)NCC1(C(=O)O)CC1)c1ccc(Br)cc1. The fraction of sp³-hybridized carbons (Fsp3) is 0.429. The van der Waals surface area contributed by atoms with Gasteiger partial charge in [-0.25, -0.2) is 0 Å². The Labute approximate surface area is 120 Å². The number of hydrogen-bond donors (Lipinski definition) is 2. The van der Waals surface area contributed by atoms with Crippen LogP contribution >= 0.6 is 15.9 Å². The van der Waals surface area contributed by atoms with Crippen LogP contribution in [0.15, 0.2) is 28.7 Å². The zero-order valence-corrected chi connectivity index (χ0v) is 12.2. The van der Waals surface area contributed by atoms with Crippen LogP contribution in [0.25, 0.3) is 0 Å². The first-order chi connectivity index (χ1) is 8.94. The van der Waals surface area contributed by atoms with Gasteiger partial charge in [-0.2, -0.15) is 0 Å². The number of carbonyl (C=O) groups excluding carboxylic acids is 1. The van der Waals surface area contributed by atoms with Crippen molar-refractivity contribution in [3.05, 3.63) is 34.3 Å². The number of benzene rings is 1. The molecule has 4 nitrogen and oxygen atoms in total. The molecule has 0 bridgehead atoms. The first-order valence-electron chi connectivity index (χ1n) is 6.21. The lowest BCUT2D eigenvalue weighted by atomic mass is 10.00. The molecule has 1 atom stereocenters.